The average molecular weight is 325 g/mol. The van der Waals surface area contributed by atoms with Gasteiger partial charge in [-0.15, -0.1) is 0 Å². The third-order valence-corrected chi connectivity index (χ3v) is 2.64. The van der Waals surface area contributed by atoms with Gasteiger partial charge in [0.1, 0.15) is 17.5 Å². The van der Waals surface area contributed by atoms with Crippen LogP contribution in [0.2, 0.25) is 0 Å². The van der Waals surface area contributed by atoms with Gasteiger partial charge in [0.05, 0.1) is 11.2 Å². The third kappa shape index (κ3) is 6.30. The van der Waals surface area contributed by atoms with E-state index in [1.165, 1.54) is 17.1 Å². The smallest absolute Gasteiger partial charge is 0.419 e. The SMILES string of the molecule is CC(C)(C)OC(=O)NC(C)(C)c1cn(C(=O)OC(C)(C)C)cn1. The van der Waals surface area contributed by atoms with Gasteiger partial charge in [-0.25, -0.2) is 19.1 Å². The minimum atomic E-state index is -0.796. The largest absolute Gasteiger partial charge is 0.444 e. The average Bonchev–Trinajstić information content (AvgIpc) is 2.71. The van der Waals surface area contributed by atoms with Crippen molar-refractivity contribution in [1.82, 2.24) is 14.9 Å². The van der Waals surface area contributed by atoms with Gasteiger partial charge in [0, 0.05) is 6.20 Å². The number of alkyl carbamates (subject to hydrolysis) is 1. The number of hydrogen-bond acceptors (Lipinski definition) is 5. The first-order chi connectivity index (χ1) is 10.2. The number of nitrogens with one attached hydrogen (secondary N) is 1. The molecule has 130 valence electrons. The molecule has 1 aromatic heterocycles. The van der Waals surface area contributed by atoms with Crippen molar-refractivity contribution < 1.29 is 19.1 Å². The van der Waals surface area contributed by atoms with Gasteiger partial charge in [-0.2, -0.15) is 0 Å². The first-order valence-electron chi connectivity index (χ1n) is 7.49. The number of hydrogen-bond donors (Lipinski definition) is 1. The van der Waals surface area contributed by atoms with Crippen molar-refractivity contribution in [2.45, 2.75) is 72.1 Å². The van der Waals surface area contributed by atoms with Crippen molar-refractivity contribution in [1.29, 1.82) is 0 Å². The predicted octanol–water partition coefficient (Wildman–Crippen LogP) is 3.43. The molecule has 0 aromatic carbocycles. The highest BCUT2D eigenvalue weighted by molar-refractivity contribution is 5.71. The Bertz CT molecular complexity index is 577. The summed E-state index contributed by atoms with van der Waals surface area (Å²) in [7, 11) is 0. The second-order valence-corrected chi connectivity index (χ2v) is 7.90. The van der Waals surface area contributed by atoms with E-state index >= 15 is 0 Å². The second kappa shape index (κ2) is 6.22. The van der Waals surface area contributed by atoms with Crippen molar-refractivity contribution in [2.24, 2.45) is 0 Å². The lowest BCUT2D eigenvalue weighted by Gasteiger charge is -2.27. The maximum absolute atomic E-state index is 12.0. The summed E-state index contributed by atoms with van der Waals surface area (Å²) in [5.41, 5.74) is -1.45. The summed E-state index contributed by atoms with van der Waals surface area (Å²) in [6, 6.07) is 0. The van der Waals surface area contributed by atoms with Crippen LogP contribution in [-0.4, -0.2) is 32.9 Å². The van der Waals surface area contributed by atoms with E-state index < -0.39 is 28.9 Å². The number of amides is 1. The van der Waals surface area contributed by atoms with Crippen LogP contribution in [0.3, 0.4) is 0 Å². The summed E-state index contributed by atoms with van der Waals surface area (Å²) in [6.07, 6.45) is 1.83. The molecule has 23 heavy (non-hydrogen) atoms. The Morgan fingerprint density at radius 3 is 2.00 bits per heavy atom. The van der Waals surface area contributed by atoms with Crippen molar-refractivity contribution >= 4 is 12.2 Å². The monoisotopic (exact) mass is 325 g/mol. The van der Waals surface area contributed by atoms with Crippen LogP contribution >= 0.6 is 0 Å². The van der Waals surface area contributed by atoms with Crippen molar-refractivity contribution in [3.63, 3.8) is 0 Å². The van der Waals surface area contributed by atoms with E-state index in [1.54, 1.807) is 55.4 Å². The molecule has 0 aliphatic heterocycles. The second-order valence-electron chi connectivity index (χ2n) is 7.90. The summed E-state index contributed by atoms with van der Waals surface area (Å²) in [5, 5.41) is 2.74. The molecular formula is C16H27N3O4. The van der Waals surface area contributed by atoms with Gasteiger partial charge in [-0.3, -0.25) is 0 Å². The van der Waals surface area contributed by atoms with E-state index in [0.717, 1.165) is 0 Å². The highest BCUT2D eigenvalue weighted by Gasteiger charge is 2.29. The molecule has 0 atom stereocenters. The van der Waals surface area contributed by atoms with E-state index in [2.05, 4.69) is 10.3 Å². The summed E-state index contributed by atoms with van der Waals surface area (Å²) in [5.74, 6) is 0. The Morgan fingerprint density at radius 2 is 1.52 bits per heavy atom. The maximum Gasteiger partial charge on any atom is 0.419 e. The fourth-order valence-corrected chi connectivity index (χ4v) is 1.68. The molecule has 0 aliphatic rings. The van der Waals surface area contributed by atoms with Gasteiger partial charge in [-0.1, -0.05) is 0 Å². The van der Waals surface area contributed by atoms with E-state index in [4.69, 9.17) is 9.47 Å². The predicted molar refractivity (Wildman–Crippen MR) is 86.3 cm³/mol. The van der Waals surface area contributed by atoms with Gasteiger partial charge in [0.15, 0.2) is 0 Å². The number of carbonyl (C=O) groups excluding carboxylic acids is 2. The van der Waals surface area contributed by atoms with Crippen LogP contribution in [-0.2, 0) is 15.0 Å². The summed E-state index contributed by atoms with van der Waals surface area (Å²) >= 11 is 0. The first kappa shape index (κ1) is 19.0. The fraction of sp³-hybridized carbons (Fsp3) is 0.688. The summed E-state index contributed by atoms with van der Waals surface area (Å²) in [4.78, 5) is 28.1. The topological polar surface area (TPSA) is 82.5 Å². The zero-order valence-corrected chi connectivity index (χ0v) is 15.2. The highest BCUT2D eigenvalue weighted by atomic mass is 16.6. The van der Waals surface area contributed by atoms with Gasteiger partial charge in [0.25, 0.3) is 0 Å². The van der Waals surface area contributed by atoms with E-state index in [-0.39, 0.29) is 0 Å². The van der Waals surface area contributed by atoms with Crippen LogP contribution < -0.4 is 5.32 Å². The van der Waals surface area contributed by atoms with Crippen LogP contribution in [0.5, 0.6) is 0 Å². The molecule has 1 amide bonds. The number of carbonyl (C=O) groups is 2. The van der Waals surface area contributed by atoms with Crippen molar-refractivity contribution in [3.05, 3.63) is 18.2 Å². The number of ether oxygens (including phenoxy) is 2. The molecule has 1 heterocycles. The Morgan fingerprint density at radius 1 is 1.00 bits per heavy atom. The van der Waals surface area contributed by atoms with Gasteiger partial charge >= 0.3 is 12.2 Å². The molecule has 0 aliphatic carbocycles. The molecule has 0 bridgehead atoms. The Balaban J connectivity index is 2.82. The lowest BCUT2D eigenvalue weighted by Crippen LogP contribution is -2.44. The molecule has 0 fully saturated rings. The fourth-order valence-electron chi connectivity index (χ4n) is 1.68. The van der Waals surface area contributed by atoms with Crippen LogP contribution in [0.15, 0.2) is 12.5 Å². The number of aromatic nitrogens is 2. The molecule has 0 saturated carbocycles. The van der Waals surface area contributed by atoms with Crippen LogP contribution in [0.4, 0.5) is 9.59 Å². The van der Waals surface area contributed by atoms with Crippen LogP contribution in [0.25, 0.3) is 0 Å². The van der Waals surface area contributed by atoms with E-state index in [9.17, 15) is 9.59 Å². The van der Waals surface area contributed by atoms with Crippen LogP contribution in [0, 0.1) is 0 Å². The van der Waals surface area contributed by atoms with Gasteiger partial charge < -0.3 is 14.8 Å². The molecule has 0 radical (unpaired) electrons. The summed E-state index contributed by atoms with van der Waals surface area (Å²) < 4.78 is 11.8. The van der Waals surface area contributed by atoms with Crippen LogP contribution in [0.1, 0.15) is 61.1 Å². The first-order valence-corrected chi connectivity index (χ1v) is 7.49. The highest BCUT2D eigenvalue weighted by Crippen LogP contribution is 2.20. The zero-order valence-electron chi connectivity index (χ0n) is 15.2. The molecule has 7 heteroatoms. The Hall–Kier alpha value is -2.05. The van der Waals surface area contributed by atoms with Gasteiger partial charge in [0.2, 0.25) is 0 Å². The number of rotatable bonds is 2. The summed E-state index contributed by atoms with van der Waals surface area (Å²) in [6.45, 7) is 14.3. The Labute approximate surface area is 137 Å². The Kier molecular flexibility index (Phi) is 5.13. The zero-order chi connectivity index (χ0) is 18.1. The lowest BCUT2D eigenvalue weighted by molar-refractivity contribution is 0.0468. The van der Waals surface area contributed by atoms with Crippen molar-refractivity contribution in [2.75, 3.05) is 0 Å². The minimum absolute atomic E-state index is 0.522. The normalized spacial score (nSPS) is 12.7. The molecule has 7 nitrogen and oxygen atoms in total. The molecular weight excluding hydrogens is 298 g/mol. The van der Waals surface area contributed by atoms with Crippen molar-refractivity contribution in [3.8, 4) is 0 Å². The van der Waals surface area contributed by atoms with E-state index in [1.807, 2.05) is 0 Å². The third-order valence-electron chi connectivity index (χ3n) is 2.64. The number of nitrogens with zero attached hydrogens (tertiary/aromatic N) is 2. The number of imidazole rings is 1. The maximum atomic E-state index is 12.0. The molecule has 1 aromatic rings. The molecule has 0 spiro atoms. The molecule has 1 rings (SSSR count). The van der Waals surface area contributed by atoms with E-state index in [0.29, 0.717) is 5.69 Å². The molecule has 0 unspecified atom stereocenters. The molecule has 1 N–H and O–H groups in total. The minimum Gasteiger partial charge on any atom is -0.444 e. The lowest BCUT2D eigenvalue weighted by atomic mass is 10.0. The standard InChI is InChI=1S/C16H27N3O4/c1-14(2,3)22-12(20)18-16(7,8)11-9-19(10-17-11)13(21)23-15(4,5)6/h9-10H,1-8H3,(H,18,20). The van der Waals surface area contributed by atoms with Gasteiger partial charge in [-0.05, 0) is 55.4 Å². The quantitative estimate of drug-likeness (QED) is 0.901. The molecule has 0 saturated heterocycles.